The lowest BCUT2D eigenvalue weighted by molar-refractivity contribution is 0.492. The molecule has 0 aliphatic heterocycles. The fourth-order valence-corrected chi connectivity index (χ4v) is 3.13. The summed E-state index contributed by atoms with van der Waals surface area (Å²) in [6, 6.07) is 5.46. The second-order valence-electron chi connectivity index (χ2n) is 6.22. The fourth-order valence-electron chi connectivity index (χ4n) is 3.13. The van der Waals surface area contributed by atoms with Crippen LogP contribution in [0.2, 0.25) is 0 Å². The van der Waals surface area contributed by atoms with Crippen LogP contribution in [0.4, 0.5) is 0 Å². The number of nitrogens with one attached hydrogen (secondary N) is 1. The van der Waals surface area contributed by atoms with Crippen LogP contribution < -0.4 is 5.32 Å². The van der Waals surface area contributed by atoms with Gasteiger partial charge in [0.2, 0.25) is 0 Å². The molecule has 1 aliphatic carbocycles. The first kappa shape index (κ1) is 13.6. The molecule has 0 saturated heterocycles. The summed E-state index contributed by atoms with van der Waals surface area (Å²) in [4.78, 5) is 0. The minimum absolute atomic E-state index is 0.560. The molecule has 0 amide bonds. The molecule has 1 unspecified atom stereocenters. The van der Waals surface area contributed by atoms with Gasteiger partial charge in [-0.2, -0.15) is 0 Å². The van der Waals surface area contributed by atoms with Gasteiger partial charge in [-0.05, 0) is 60.4 Å². The van der Waals surface area contributed by atoms with E-state index in [0.717, 1.165) is 0 Å². The van der Waals surface area contributed by atoms with Gasteiger partial charge in [0.15, 0.2) is 0 Å². The fraction of sp³-hybridized carbons (Fsp3) is 0.647. The van der Waals surface area contributed by atoms with E-state index in [1.54, 1.807) is 16.7 Å². The van der Waals surface area contributed by atoms with Crippen molar-refractivity contribution in [2.24, 2.45) is 0 Å². The summed E-state index contributed by atoms with van der Waals surface area (Å²) in [5.74, 6) is 1.25. The maximum Gasteiger partial charge on any atom is 0.0320 e. The van der Waals surface area contributed by atoms with E-state index < -0.39 is 0 Å². The van der Waals surface area contributed by atoms with Crippen LogP contribution >= 0.6 is 0 Å². The predicted octanol–water partition coefficient (Wildman–Crippen LogP) is 4.53. The minimum atomic E-state index is 0.560. The molecule has 1 N–H and O–H groups in total. The van der Waals surface area contributed by atoms with E-state index >= 15 is 0 Å². The Morgan fingerprint density at radius 2 is 1.83 bits per heavy atom. The van der Waals surface area contributed by atoms with Crippen LogP contribution in [0.25, 0.3) is 0 Å². The third-order valence-electron chi connectivity index (χ3n) is 4.27. The largest absolute Gasteiger partial charge is 0.313 e. The van der Waals surface area contributed by atoms with E-state index in [9.17, 15) is 0 Å². The Balaban J connectivity index is 2.57. The van der Waals surface area contributed by atoms with Crippen LogP contribution in [0, 0.1) is 0 Å². The summed E-state index contributed by atoms with van der Waals surface area (Å²) in [6.07, 6.45) is 3.86. The SMILES string of the molecule is CNC1CCCc2c(C(C)C)cc(C(C)C)cc21. The lowest BCUT2D eigenvalue weighted by Gasteiger charge is -2.30. The Labute approximate surface area is 112 Å². The molecule has 0 aromatic heterocycles. The first-order valence-electron chi connectivity index (χ1n) is 7.38. The van der Waals surface area contributed by atoms with Crippen molar-refractivity contribution in [2.45, 2.75) is 64.8 Å². The number of rotatable bonds is 3. The van der Waals surface area contributed by atoms with Crippen LogP contribution in [0.5, 0.6) is 0 Å². The number of hydrogen-bond acceptors (Lipinski definition) is 1. The highest BCUT2D eigenvalue weighted by Gasteiger charge is 2.23. The summed E-state index contributed by atoms with van der Waals surface area (Å²) in [6.45, 7) is 9.23. The molecular weight excluding hydrogens is 218 g/mol. The highest BCUT2D eigenvalue weighted by molar-refractivity contribution is 5.44. The number of fused-ring (bicyclic) bond motifs is 1. The Bertz CT molecular complexity index is 418. The van der Waals surface area contributed by atoms with Crippen LogP contribution in [0.1, 0.15) is 80.7 Å². The molecule has 100 valence electrons. The van der Waals surface area contributed by atoms with Crippen molar-refractivity contribution in [1.82, 2.24) is 5.32 Å². The molecule has 1 atom stereocenters. The van der Waals surface area contributed by atoms with Gasteiger partial charge in [0.25, 0.3) is 0 Å². The Hall–Kier alpha value is -0.820. The van der Waals surface area contributed by atoms with Crippen molar-refractivity contribution >= 4 is 0 Å². The molecule has 0 spiro atoms. The molecule has 0 bridgehead atoms. The number of hydrogen-bond donors (Lipinski definition) is 1. The van der Waals surface area contributed by atoms with Crippen LogP contribution in [-0.2, 0) is 6.42 Å². The van der Waals surface area contributed by atoms with E-state index in [-0.39, 0.29) is 0 Å². The smallest absolute Gasteiger partial charge is 0.0320 e. The first-order valence-corrected chi connectivity index (χ1v) is 7.38. The van der Waals surface area contributed by atoms with Gasteiger partial charge in [-0.1, -0.05) is 39.8 Å². The summed E-state index contributed by atoms with van der Waals surface area (Å²) < 4.78 is 0. The second kappa shape index (κ2) is 5.44. The lowest BCUT2D eigenvalue weighted by Crippen LogP contribution is -2.23. The molecule has 1 aromatic carbocycles. The summed E-state index contributed by atoms with van der Waals surface area (Å²) >= 11 is 0. The quantitative estimate of drug-likeness (QED) is 0.825. The Kier molecular flexibility index (Phi) is 4.11. The van der Waals surface area contributed by atoms with E-state index in [0.29, 0.717) is 17.9 Å². The molecule has 18 heavy (non-hydrogen) atoms. The maximum absolute atomic E-state index is 3.49. The van der Waals surface area contributed by atoms with Gasteiger partial charge in [0, 0.05) is 6.04 Å². The second-order valence-corrected chi connectivity index (χ2v) is 6.22. The topological polar surface area (TPSA) is 12.0 Å². The molecule has 2 rings (SSSR count). The van der Waals surface area contributed by atoms with Gasteiger partial charge in [0.05, 0.1) is 0 Å². The first-order chi connectivity index (χ1) is 8.54. The summed E-state index contributed by atoms with van der Waals surface area (Å²) in [5.41, 5.74) is 6.27. The van der Waals surface area contributed by atoms with Gasteiger partial charge in [-0.15, -0.1) is 0 Å². The molecule has 0 saturated carbocycles. The van der Waals surface area contributed by atoms with E-state index in [2.05, 4.69) is 52.2 Å². The van der Waals surface area contributed by atoms with Gasteiger partial charge in [-0.25, -0.2) is 0 Å². The highest BCUT2D eigenvalue weighted by Crippen LogP contribution is 2.37. The van der Waals surface area contributed by atoms with Gasteiger partial charge in [0.1, 0.15) is 0 Å². The van der Waals surface area contributed by atoms with Crippen LogP contribution in [0.3, 0.4) is 0 Å². The molecule has 1 heteroatoms. The van der Waals surface area contributed by atoms with Crippen molar-refractivity contribution in [1.29, 1.82) is 0 Å². The molecule has 1 aliphatic rings. The minimum Gasteiger partial charge on any atom is -0.313 e. The molecule has 0 heterocycles. The van der Waals surface area contributed by atoms with Crippen molar-refractivity contribution in [3.63, 3.8) is 0 Å². The van der Waals surface area contributed by atoms with Gasteiger partial charge < -0.3 is 5.32 Å². The summed E-state index contributed by atoms with van der Waals surface area (Å²) in [5, 5.41) is 3.49. The molecule has 1 nitrogen and oxygen atoms in total. The Morgan fingerprint density at radius 1 is 1.11 bits per heavy atom. The highest BCUT2D eigenvalue weighted by atomic mass is 14.9. The predicted molar refractivity (Wildman–Crippen MR) is 79.4 cm³/mol. The average Bonchev–Trinajstić information content (AvgIpc) is 2.36. The van der Waals surface area contributed by atoms with Gasteiger partial charge in [-0.3, -0.25) is 0 Å². The zero-order valence-electron chi connectivity index (χ0n) is 12.5. The third-order valence-corrected chi connectivity index (χ3v) is 4.27. The van der Waals surface area contributed by atoms with Crippen molar-refractivity contribution in [3.8, 4) is 0 Å². The van der Waals surface area contributed by atoms with Crippen molar-refractivity contribution < 1.29 is 0 Å². The van der Waals surface area contributed by atoms with E-state index in [1.807, 2.05) is 0 Å². The van der Waals surface area contributed by atoms with Crippen molar-refractivity contribution in [2.75, 3.05) is 7.05 Å². The zero-order valence-corrected chi connectivity index (χ0v) is 12.5. The molecule has 1 aromatic rings. The molecule has 0 fully saturated rings. The van der Waals surface area contributed by atoms with E-state index in [1.165, 1.54) is 24.8 Å². The van der Waals surface area contributed by atoms with Gasteiger partial charge >= 0.3 is 0 Å². The van der Waals surface area contributed by atoms with Crippen LogP contribution in [-0.4, -0.2) is 7.05 Å². The van der Waals surface area contributed by atoms with Crippen molar-refractivity contribution in [3.05, 3.63) is 34.4 Å². The summed E-state index contributed by atoms with van der Waals surface area (Å²) in [7, 11) is 2.09. The molecule has 0 radical (unpaired) electrons. The average molecular weight is 245 g/mol. The maximum atomic E-state index is 3.49. The lowest BCUT2D eigenvalue weighted by atomic mass is 9.79. The third kappa shape index (κ3) is 2.47. The van der Waals surface area contributed by atoms with Crippen LogP contribution in [0.15, 0.2) is 12.1 Å². The standard InChI is InChI=1S/C17H27N/c1-11(2)13-9-15(12(3)4)14-7-6-8-17(18-5)16(14)10-13/h9-12,17-18H,6-8H2,1-5H3. The monoisotopic (exact) mass is 245 g/mol. The van der Waals surface area contributed by atoms with E-state index in [4.69, 9.17) is 0 Å². The normalized spacial score (nSPS) is 19.4. The zero-order chi connectivity index (χ0) is 13.3. The Morgan fingerprint density at radius 3 is 2.39 bits per heavy atom. The molecular formula is C17H27N. The number of benzene rings is 1.